The molecule has 1 heterocycles. The summed E-state index contributed by atoms with van der Waals surface area (Å²) in [4.78, 5) is 12.5. The van der Waals surface area contributed by atoms with E-state index >= 15 is 0 Å². The third-order valence-electron chi connectivity index (χ3n) is 4.49. The van der Waals surface area contributed by atoms with Crippen molar-refractivity contribution in [2.75, 3.05) is 20.3 Å². The van der Waals surface area contributed by atoms with E-state index in [9.17, 15) is 9.18 Å². The van der Waals surface area contributed by atoms with Crippen molar-refractivity contribution in [2.24, 2.45) is 5.92 Å². The van der Waals surface area contributed by atoms with E-state index in [4.69, 9.17) is 14.2 Å². The molecule has 0 saturated carbocycles. The number of nitrogens with one attached hydrogen (secondary N) is 1. The number of carbonyl (C=O) groups excluding carboxylic acids is 1. The van der Waals surface area contributed by atoms with Crippen LogP contribution in [0, 0.1) is 11.7 Å². The Kier molecular flexibility index (Phi) is 5.84. The second-order valence-corrected chi connectivity index (χ2v) is 6.84. The van der Waals surface area contributed by atoms with Crippen LogP contribution >= 0.6 is 0 Å². The summed E-state index contributed by atoms with van der Waals surface area (Å²) in [6, 6.07) is 10.1. The van der Waals surface area contributed by atoms with E-state index in [-0.39, 0.29) is 30.0 Å². The molecule has 1 N–H and O–H groups in total. The number of methoxy groups -OCH3 is 1. The molecule has 0 fully saturated rings. The van der Waals surface area contributed by atoms with Crippen LogP contribution in [0.2, 0.25) is 0 Å². The fourth-order valence-corrected chi connectivity index (χ4v) is 3.12. The van der Waals surface area contributed by atoms with Crippen LogP contribution in [-0.4, -0.2) is 26.2 Å². The van der Waals surface area contributed by atoms with Crippen LogP contribution in [0.1, 0.15) is 31.0 Å². The molecule has 0 aliphatic carbocycles. The lowest BCUT2D eigenvalue weighted by molar-refractivity contribution is -0.121. The van der Waals surface area contributed by atoms with Crippen molar-refractivity contribution in [1.29, 1.82) is 0 Å². The first-order valence-electron chi connectivity index (χ1n) is 8.99. The topological polar surface area (TPSA) is 56.8 Å². The average molecular weight is 373 g/mol. The summed E-state index contributed by atoms with van der Waals surface area (Å²) in [5.74, 6) is 1.09. The van der Waals surface area contributed by atoms with Gasteiger partial charge in [0.05, 0.1) is 19.6 Å². The highest BCUT2D eigenvalue weighted by atomic mass is 19.1. The molecule has 0 saturated heterocycles. The highest BCUT2D eigenvalue weighted by Gasteiger charge is 2.21. The van der Waals surface area contributed by atoms with E-state index in [1.807, 2.05) is 32.0 Å². The minimum atomic E-state index is -0.477. The number of ether oxygens (including phenoxy) is 3. The van der Waals surface area contributed by atoms with Crippen LogP contribution in [-0.2, 0) is 11.2 Å². The van der Waals surface area contributed by atoms with Crippen LogP contribution in [0.4, 0.5) is 4.39 Å². The van der Waals surface area contributed by atoms with Gasteiger partial charge in [-0.25, -0.2) is 4.39 Å². The molecule has 1 aliphatic rings. The maximum absolute atomic E-state index is 13.8. The fraction of sp³-hybridized carbons (Fsp3) is 0.381. The molecule has 1 aliphatic heterocycles. The Morgan fingerprint density at radius 3 is 2.56 bits per heavy atom. The lowest BCUT2D eigenvalue weighted by Gasteiger charge is -2.25. The second-order valence-electron chi connectivity index (χ2n) is 6.84. The van der Waals surface area contributed by atoms with Crippen LogP contribution in [0.5, 0.6) is 17.2 Å². The Morgan fingerprint density at radius 2 is 1.89 bits per heavy atom. The molecule has 0 spiro atoms. The van der Waals surface area contributed by atoms with Gasteiger partial charge in [-0.2, -0.15) is 0 Å². The molecule has 5 nitrogen and oxygen atoms in total. The molecule has 0 bridgehead atoms. The van der Waals surface area contributed by atoms with Gasteiger partial charge < -0.3 is 19.5 Å². The predicted molar refractivity (Wildman–Crippen MR) is 99.8 cm³/mol. The zero-order valence-corrected chi connectivity index (χ0v) is 15.8. The summed E-state index contributed by atoms with van der Waals surface area (Å²) in [5, 5.41) is 3.05. The predicted octanol–water partition coefficient (Wildman–Crippen LogP) is 3.66. The zero-order valence-electron chi connectivity index (χ0n) is 15.8. The van der Waals surface area contributed by atoms with E-state index in [1.165, 1.54) is 19.2 Å². The van der Waals surface area contributed by atoms with Gasteiger partial charge in [0.15, 0.2) is 23.1 Å². The van der Waals surface area contributed by atoms with Gasteiger partial charge in [0.1, 0.15) is 13.2 Å². The summed E-state index contributed by atoms with van der Waals surface area (Å²) < 4.78 is 29.9. The molecular formula is C21H24FNO4. The molecule has 1 amide bonds. The van der Waals surface area contributed by atoms with Gasteiger partial charge in [-0.15, -0.1) is 0 Å². The lowest BCUT2D eigenvalue weighted by atomic mass is 9.95. The average Bonchev–Trinajstić information content (AvgIpc) is 2.65. The van der Waals surface area contributed by atoms with Gasteiger partial charge in [-0.3, -0.25) is 4.79 Å². The van der Waals surface area contributed by atoms with Crippen molar-refractivity contribution in [3.63, 3.8) is 0 Å². The number of benzene rings is 2. The Hall–Kier alpha value is -2.76. The second kappa shape index (κ2) is 8.29. The number of hydrogen-bond donors (Lipinski definition) is 1. The fourth-order valence-electron chi connectivity index (χ4n) is 3.12. The van der Waals surface area contributed by atoms with Crippen molar-refractivity contribution < 1.29 is 23.4 Å². The molecular weight excluding hydrogens is 349 g/mol. The molecule has 0 aromatic heterocycles. The maximum atomic E-state index is 13.8. The number of carbonyl (C=O) groups is 1. The van der Waals surface area contributed by atoms with Crippen LogP contribution in [0.15, 0.2) is 36.4 Å². The molecule has 6 heteroatoms. The van der Waals surface area contributed by atoms with Gasteiger partial charge in [-0.1, -0.05) is 26.0 Å². The number of halogens is 1. The smallest absolute Gasteiger partial charge is 0.224 e. The quantitative estimate of drug-likeness (QED) is 0.840. The molecule has 0 unspecified atom stereocenters. The first-order valence-corrected chi connectivity index (χ1v) is 8.99. The minimum Gasteiger partial charge on any atom is -0.494 e. The number of fused-ring (bicyclic) bond motifs is 1. The van der Waals surface area contributed by atoms with E-state index in [2.05, 4.69) is 5.32 Å². The Bertz CT molecular complexity index is 822. The van der Waals surface area contributed by atoms with Crippen LogP contribution in [0.25, 0.3) is 0 Å². The van der Waals surface area contributed by atoms with Crippen LogP contribution in [0.3, 0.4) is 0 Å². The van der Waals surface area contributed by atoms with Gasteiger partial charge in [0.2, 0.25) is 5.91 Å². The molecule has 2 aromatic rings. The van der Waals surface area contributed by atoms with Crippen molar-refractivity contribution in [2.45, 2.75) is 26.3 Å². The van der Waals surface area contributed by atoms with Crippen molar-refractivity contribution >= 4 is 5.91 Å². The molecule has 1 atom stereocenters. The summed E-state index contributed by atoms with van der Waals surface area (Å²) >= 11 is 0. The van der Waals surface area contributed by atoms with E-state index in [0.29, 0.717) is 30.3 Å². The third kappa shape index (κ3) is 4.51. The molecule has 3 rings (SSSR count). The van der Waals surface area contributed by atoms with E-state index in [0.717, 1.165) is 5.56 Å². The highest BCUT2D eigenvalue weighted by Crippen LogP contribution is 2.34. The normalized spacial score (nSPS) is 14.0. The van der Waals surface area contributed by atoms with Gasteiger partial charge in [-0.05, 0) is 41.3 Å². The summed E-state index contributed by atoms with van der Waals surface area (Å²) in [5.41, 5.74) is 1.54. The third-order valence-corrected chi connectivity index (χ3v) is 4.49. The van der Waals surface area contributed by atoms with E-state index in [1.54, 1.807) is 6.07 Å². The Labute approximate surface area is 158 Å². The van der Waals surface area contributed by atoms with Crippen molar-refractivity contribution in [3.05, 3.63) is 53.3 Å². The zero-order chi connectivity index (χ0) is 19.4. The molecule has 27 heavy (non-hydrogen) atoms. The summed E-state index contributed by atoms with van der Waals surface area (Å²) in [7, 11) is 1.41. The van der Waals surface area contributed by atoms with Crippen molar-refractivity contribution in [3.8, 4) is 17.2 Å². The summed E-state index contributed by atoms with van der Waals surface area (Å²) in [6.45, 7) is 5.12. The maximum Gasteiger partial charge on any atom is 0.224 e. The Balaban J connectivity index is 1.72. The van der Waals surface area contributed by atoms with Gasteiger partial charge in [0.25, 0.3) is 0 Å². The monoisotopic (exact) mass is 373 g/mol. The molecule has 2 aromatic carbocycles. The number of hydrogen-bond acceptors (Lipinski definition) is 4. The van der Waals surface area contributed by atoms with Crippen molar-refractivity contribution in [1.82, 2.24) is 5.32 Å². The van der Waals surface area contributed by atoms with Gasteiger partial charge in [0, 0.05) is 0 Å². The van der Waals surface area contributed by atoms with Crippen LogP contribution < -0.4 is 19.5 Å². The summed E-state index contributed by atoms with van der Waals surface area (Å²) in [6.07, 6.45) is 0.0920. The molecule has 0 radical (unpaired) electrons. The lowest BCUT2D eigenvalue weighted by Crippen LogP contribution is -2.33. The standard InChI is InChI=1S/C21H24FNO4/c1-13(2)21(15-5-7-18-19(12-15)27-9-8-26-18)23-20(24)11-14-4-6-17(25-3)16(22)10-14/h4-7,10,12-13,21H,8-9,11H2,1-3H3,(H,23,24)/t21-/m1/s1. The van der Waals surface area contributed by atoms with Gasteiger partial charge >= 0.3 is 0 Å². The number of amides is 1. The molecule has 144 valence electrons. The SMILES string of the molecule is COc1ccc(CC(=O)N[C@@H](c2ccc3c(c2)OCCO3)C(C)C)cc1F. The minimum absolute atomic E-state index is 0.0920. The first kappa shape index (κ1) is 19.0. The number of rotatable bonds is 6. The first-order chi connectivity index (χ1) is 13.0. The highest BCUT2D eigenvalue weighted by molar-refractivity contribution is 5.79. The largest absolute Gasteiger partial charge is 0.494 e. The Morgan fingerprint density at radius 1 is 1.15 bits per heavy atom. The van der Waals surface area contributed by atoms with E-state index < -0.39 is 5.82 Å².